The van der Waals surface area contributed by atoms with Crippen molar-refractivity contribution < 1.29 is 23.5 Å². The average Bonchev–Trinajstić information content (AvgIpc) is 3.36. The number of fused-ring (bicyclic) bond motifs is 6. The largest absolute Gasteiger partial charge is 0.497 e. The van der Waals surface area contributed by atoms with Crippen molar-refractivity contribution in [2.45, 2.75) is 24.4 Å². The van der Waals surface area contributed by atoms with Crippen LogP contribution < -0.4 is 15.0 Å². The highest BCUT2D eigenvalue weighted by Gasteiger charge is 2.70. The monoisotopic (exact) mass is 482 g/mol. The third-order valence-electron chi connectivity index (χ3n) is 7.68. The zero-order chi connectivity index (χ0) is 25.2. The minimum Gasteiger partial charge on any atom is -0.497 e. The molecule has 0 aliphatic carbocycles. The number of rotatable bonds is 4. The van der Waals surface area contributed by atoms with Crippen molar-refractivity contribution in [3.05, 3.63) is 95.3 Å². The second-order valence-electron chi connectivity index (χ2n) is 9.38. The first-order valence-electron chi connectivity index (χ1n) is 11.7. The zero-order valence-electron chi connectivity index (χ0n) is 19.7. The van der Waals surface area contributed by atoms with Gasteiger partial charge in [0.05, 0.1) is 30.7 Å². The van der Waals surface area contributed by atoms with E-state index in [-0.39, 0.29) is 17.3 Å². The molecule has 3 aromatic carbocycles. The molecule has 3 aliphatic heterocycles. The number of ether oxygens (including phenoxy) is 1. The normalized spacial score (nSPS) is 25.2. The highest BCUT2D eigenvalue weighted by molar-refractivity contribution is 6.16. The van der Waals surface area contributed by atoms with Gasteiger partial charge in [-0.1, -0.05) is 42.5 Å². The van der Waals surface area contributed by atoms with E-state index in [2.05, 4.69) is 5.32 Å². The molecule has 1 fully saturated rings. The molecule has 0 aromatic heterocycles. The molecule has 3 heterocycles. The van der Waals surface area contributed by atoms with Gasteiger partial charge in [0, 0.05) is 16.9 Å². The van der Waals surface area contributed by atoms with Crippen LogP contribution in [0, 0.1) is 11.7 Å². The van der Waals surface area contributed by atoms with Crippen LogP contribution in [-0.4, -0.2) is 36.7 Å². The van der Waals surface area contributed by atoms with Crippen LogP contribution >= 0.6 is 0 Å². The number of anilines is 2. The van der Waals surface area contributed by atoms with Gasteiger partial charge in [-0.05, 0) is 48.9 Å². The van der Waals surface area contributed by atoms with E-state index in [4.69, 9.17) is 4.74 Å². The minimum atomic E-state index is -1.43. The summed E-state index contributed by atoms with van der Waals surface area (Å²) in [7, 11) is 1.57. The molecule has 4 atom stereocenters. The second-order valence-corrected chi connectivity index (χ2v) is 9.38. The highest BCUT2D eigenvalue weighted by Crippen LogP contribution is 2.58. The lowest BCUT2D eigenvalue weighted by Crippen LogP contribution is -2.51. The van der Waals surface area contributed by atoms with Gasteiger partial charge in [0.1, 0.15) is 17.0 Å². The van der Waals surface area contributed by atoms with Crippen molar-refractivity contribution in [1.82, 2.24) is 0 Å². The number of para-hydroxylation sites is 1. The first-order chi connectivity index (χ1) is 17.4. The Kier molecular flexibility index (Phi) is 4.86. The van der Waals surface area contributed by atoms with E-state index in [0.29, 0.717) is 22.7 Å². The van der Waals surface area contributed by atoms with Gasteiger partial charge in [-0.15, -0.1) is 0 Å². The van der Waals surface area contributed by atoms with Crippen LogP contribution in [0.15, 0.2) is 72.8 Å². The molecular formula is C29H23FN2O4. The Morgan fingerprint density at radius 1 is 1.06 bits per heavy atom. The molecular weight excluding hydrogens is 459 g/mol. The van der Waals surface area contributed by atoms with Crippen molar-refractivity contribution in [3.63, 3.8) is 0 Å². The number of carbonyl (C=O) groups excluding carboxylic acids is 3. The number of hydrogen-bond donors (Lipinski definition) is 1. The van der Waals surface area contributed by atoms with Gasteiger partial charge in [0.15, 0.2) is 11.6 Å². The number of carbonyl (C=O) groups is 3. The number of hydrogen-bond acceptors (Lipinski definition) is 5. The Morgan fingerprint density at radius 3 is 2.56 bits per heavy atom. The summed E-state index contributed by atoms with van der Waals surface area (Å²) in [5.74, 6) is -2.42. The molecule has 1 N–H and O–H groups in total. The van der Waals surface area contributed by atoms with Gasteiger partial charge in [0.25, 0.3) is 0 Å². The lowest BCUT2D eigenvalue weighted by molar-refractivity contribution is -0.122. The first kappa shape index (κ1) is 22.2. The lowest BCUT2D eigenvalue weighted by Gasteiger charge is -2.37. The number of methoxy groups -OCH3 is 1. The van der Waals surface area contributed by atoms with Gasteiger partial charge in [0.2, 0.25) is 5.91 Å². The summed E-state index contributed by atoms with van der Waals surface area (Å²) >= 11 is 0. The Labute approximate surface area is 207 Å². The van der Waals surface area contributed by atoms with Crippen LogP contribution in [0.2, 0.25) is 0 Å². The van der Waals surface area contributed by atoms with Crippen LogP contribution in [0.3, 0.4) is 0 Å². The molecule has 180 valence electrons. The molecule has 0 unspecified atom stereocenters. The maximum atomic E-state index is 14.9. The quantitative estimate of drug-likeness (QED) is 0.558. The summed E-state index contributed by atoms with van der Waals surface area (Å²) in [6.07, 6.45) is 3.76. The van der Waals surface area contributed by atoms with Crippen molar-refractivity contribution >= 4 is 34.9 Å². The number of amides is 1. The molecule has 1 amide bonds. The van der Waals surface area contributed by atoms with E-state index in [9.17, 15) is 18.8 Å². The van der Waals surface area contributed by atoms with Crippen LogP contribution in [0.1, 0.15) is 28.4 Å². The average molecular weight is 483 g/mol. The number of benzene rings is 3. The first-order valence-corrected chi connectivity index (χ1v) is 11.7. The van der Waals surface area contributed by atoms with Gasteiger partial charge in [-0.25, -0.2) is 4.39 Å². The molecule has 0 saturated carbocycles. The zero-order valence-corrected chi connectivity index (χ0v) is 19.7. The fraction of sp³-hybridized carbons (Fsp3) is 0.207. The summed E-state index contributed by atoms with van der Waals surface area (Å²) in [5.41, 5.74) is 1.17. The summed E-state index contributed by atoms with van der Waals surface area (Å²) in [6.45, 7) is 1.42. The van der Waals surface area contributed by atoms with Crippen molar-refractivity contribution in [2.24, 2.45) is 5.92 Å². The topological polar surface area (TPSA) is 75.7 Å². The molecule has 0 radical (unpaired) electrons. The maximum absolute atomic E-state index is 14.9. The molecule has 1 spiro atoms. The summed E-state index contributed by atoms with van der Waals surface area (Å²) in [5, 5.41) is 2.94. The summed E-state index contributed by atoms with van der Waals surface area (Å²) in [4.78, 5) is 43.4. The Morgan fingerprint density at radius 2 is 1.81 bits per heavy atom. The third kappa shape index (κ3) is 2.80. The Bertz CT molecular complexity index is 1480. The lowest BCUT2D eigenvalue weighted by atomic mass is 9.64. The molecule has 3 aliphatic rings. The highest BCUT2D eigenvalue weighted by atomic mass is 19.1. The fourth-order valence-corrected chi connectivity index (χ4v) is 6.27. The number of Topliss-reactive ketones (excluding diaryl/α,β-unsaturated/α-hetero) is 2. The second kappa shape index (κ2) is 7.88. The third-order valence-corrected chi connectivity index (χ3v) is 7.68. The van der Waals surface area contributed by atoms with Gasteiger partial charge in [-0.2, -0.15) is 0 Å². The molecule has 6 rings (SSSR count). The number of nitrogens with zero attached hydrogens (tertiary/aromatic N) is 1. The molecule has 3 aromatic rings. The van der Waals surface area contributed by atoms with E-state index in [1.807, 2.05) is 41.3 Å². The SMILES string of the molecule is COc1ccc2c(c1)C=C[C@H]1N2[C@@H](C(C)=O)[C@H](C(=O)c2ccccc2F)[C@]12C(=O)Nc1ccccc12. The maximum Gasteiger partial charge on any atom is 0.238 e. The summed E-state index contributed by atoms with van der Waals surface area (Å²) < 4.78 is 20.3. The van der Waals surface area contributed by atoms with Crippen LogP contribution in [0.5, 0.6) is 5.75 Å². The smallest absolute Gasteiger partial charge is 0.238 e. The van der Waals surface area contributed by atoms with Gasteiger partial charge >= 0.3 is 0 Å². The van der Waals surface area contributed by atoms with Gasteiger partial charge < -0.3 is 15.0 Å². The predicted molar refractivity (Wildman–Crippen MR) is 134 cm³/mol. The number of halogens is 1. The van der Waals surface area contributed by atoms with Crippen LogP contribution in [-0.2, 0) is 15.0 Å². The van der Waals surface area contributed by atoms with Crippen molar-refractivity contribution in [2.75, 3.05) is 17.3 Å². The standard InChI is InChI=1S/C29H23FN2O4/c1-16(33)26-25(27(34)19-7-3-5-9-21(19)30)29(20-8-4-6-10-22(20)31-28(29)35)24-14-11-17-15-18(36-2)12-13-23(17)32(24)26/h3-15,24-26H,1-2H3,(H,31,35)/t24-,25-,26+,29-/m1/s1. The fourth-order valence-electron chi connectivity index (χ4n) is 6.27. The van der Waals surface area contributed by atoms with Gasteiger partial charge in [-0.3, -0.25) is 14.4 Å². The number of ketones is 2. The van der Waals surface area contributed by atoms with Crippen LogP contribution in [0.25, 0.3) is 6.08 Å². The van der Waals surface area contributed by atoms with E-state index in [1.165, 1.54) is 25.1 Å². The molecule has 7 heteroatoms. The molecule has 6 nitrogen and oxygen atoms in total. The Balaban J connectivity index is 1.66. The van der Waals surface area contributed by atoms with E-state index < -0.39 is 35.0 Å². The van der Waals surface area contributed by atoms with E-state index in [0.717, 1.165) is 5.56 Å². The molecule has 1 saturated heterocycles. The van der Waals surface area contributed by atoms with Crippen molar-refractivity contribution in [1.29, 1.82) is 0 Å². The predicted octanol–water partition coefficient (Wildman–Crippen LogP) is 4.40. The van der Waals surface area contributed by atoms with E-state index >= 15 is 0 Å². The van der Waals surface area contributed by atoms with Crippen molar-refractivity contribution in [3.8, 4) is 5.75 Å². The molecule has 36 heavy (non-hydrogen) atoms. The van der Waals surface area contributed by atoms with E-state index in [1.54, 1.807) is 31.4 Å². The number of nitrogens with one attached hydrogen (secondary N) is 1. The Hall–Kier alpha value is -4.26. The van der Waals surface area contributed by atoms with Crippen LogP contribution in [0.4, 0.5) is 15.8 Å². The minimum absolute atomic E-state index is 0.135. The summed E-state index contributed by atoms with van der Waals surface area (Å²) in [6, 6.07) is 16.8. The molecule has 0 bridgehead atoms.